The highest BCUT2D eigenvalue weighted by atomic mass is 19.3. The van der Waals surface area contributed by atoms with Gasteiger partial charge in [0.05, 0.1) is 23.9 Å². The molecule has 0 amide bonds. The minimum Gasteiger partial charge on any atom is -0.496 e. The molecule has 0 spiro atoms. The Labute approximate surface area is 195 Å². The average Bonchev–Trinajstić information content (AvgIpc) is 3.30. The van der Waals surface area contributed by atoms with Gasteiger partial charge in [-0.2, -0.15) is 5.10 Å². The number of rotatable bonds is 7. The van der Waals surface area contributed by atoms with Crippen molar-refractivity contribution in [2.45, 2.75) is 6.43 Å². The van der Waals surface area contributed by atoms with Crippen molar-refractivity contribution in [3.8, 4) is 17.0 Å². The molecule has 0 aliphatic rings. The van der Waals surface area contributed by atoms with Crippen LogP contribution in [0.2, 0.25) is 0 Å². The Morgan fingerprint density at radius 2 is 1.91 bits per heavy atom. The third-order valence-corrected chi connectivity index (χ3v) is 4.93. The summed E-state index contributed by atoms with van der Waals surface area (Å²) in [6.07, 6.45) is -1.89. The number of hydrogen-bond acceptors (Lipinski definition) is 8. The lowest BCUT2D eigenvalue weighted by atomic mass is 10.1. The lowest BCUT2D eigenvalue weighted by molar-refractivity contribution is -0.384. The highest BCUT2D eigenvalue weighted by Gasteiger charge is 2.23. The summed E-state index contributed by atoms with van der Waals surface area (Å²) >= 11 is 0. The molecular weight excluding hydrogens is 466 g/mol. The number of alkyl halides is 2. The predicted octanol–water partition coefficient (Wildman–Crippen LogP) is 3.73. The summed E-state index contributed by atoms with van der Waals surface area (Å²) in [5, 5.41) is 18.1. The van der Waals surface area contributed by atoms with E-state index < -0.39 is 23.0 Å². The van der Waals surface area contributed by atoms with Gasteiger partial charge >= 0.3 is 5.97 Å². The van der Waals surface area contributed by atoms with Gasteiger partial charge in [0.2, 0.25) is 0 Å². The second kappa shape index (κ2) is 9.51. The number of ether oxygens (including phenoxy) is 1. The van der Waals surface area contributed by atoms with Gasteiger partial charge in [0, 0.05) is 23.3 Å². The highest BCUT2D eigenvalue weighted by Crippen LogP contribution is 2.32. The summed E-state index contributed by atoms with van der Waals surface area (Å²) in [4.78, 5) is 32.0. The lowest BCUT2D eigenvalue weighted by Gasteiger charge is -2.11. The number of oxime groups is 1. The zero-order chi connectivity index (χ0) is 25.1. The number of aromatic nitrogens is 3. The number of nitro groups is 1. The van der Waals surface area contributed by atoms with Crippen molar-refractivity contribution in [3.63, 3.8) is 0 Å². The molecule has 0 atom stereocenters. The second-order valence-corrected chi connectivity index (χ2v) is 7.02. The fourth-order valence-corrected chi connectivity index (χ4v) is 3.23. The molecule has 35 heavy (non-hydrogen) atoms. The van der Waals surface area contributed by atoms with Gasteiger partial charge in [-0.15, -0.1) is 0 Å². The van der Waals surface area contributed by atoms with Crippen molar-refractivity contribution < 1.29 is 28.1 Å². The molecule has 13 heteroatoms. The summed E-state index contributed by atoms with van der Waals surface area (Å²) in [5.74, 6) is -0.885. The molecular formula is C22H16F2N6O5. The van der Waals surface area contributed by atoms with Crippen LogP contribution in [0.5, 0.6) is 5.75 Å². The zero-order valence-corrected chi connectivity index (χ0v) is 18.0. The maximum absolute atomic E-state index is 13.8. The van der Waals surface area contributed by atoms with Gasteiger partial charge in [-0.05, 0) is 30.3 Å². The molecule has 0 unspecified atom stereocenters. The molecule has 2 heterocycles. The number of halogens is 2. The first-order valence-corrected chi connectivity index (χ1v) is 9.90. The van der Waals surface area contributed by atoms with E-state index in [-0.39, 0.29) is 34.0 Å². The smallest absolute Gasteiger partial charge is 0.371 e. The Morgan fingerprint density at radius 1 is 1.20 bits per heavy atom. The van der Waals surface area contributed by atoms with Crippen LogP contribution in [0, 0.1) is 10.1 Å². The number of nitrogens with zero attached hydrogens (tertiary/aromatic N) is 5. The molecule has 0 aliphatic heterocycles. The van der Waals surface area contributed by atoms with E-state index in [9.17, 15) is 23.7 Å². The van der Waals surface area contributed by atoms with Gasteiger partial charge < -0.3 is 15.3 Å². The minimum atomic E-state index is -2.92. The molecule has 0 radical (unpaired) electrons. The predicted molar refractivity (Wildman–Crippen MR) is 119 cm³/mol. The van der Waals surface area contributed by atoms with Crippen LogP contribution >= 0.6 is 0 Å². The number of para-hydroxylation sites is 1. The number of methoxy groups -OCH3 is 1. The standard InChI is InChI=1S/C22H16F2N6O5/c1-34-18-5-3-2-4-14(18)16-10-17(19(23)24)29-21(27-16)15(11-26-29)22(31)35-28-20(25)12-6-8-13(9-7-12)30(32)33/h2-11,19H,1H3,(H2,25,28). The van der Waals surface area contributed by atoms with Crippen LogP contribution in [0.15, 0.2) is 65.9 Å². The SMILES string of the molecule is COc1ccccc1-c1cc(C(F)F)n2ncc(C(=O)O/N=C(\N)c3ccc([N+](=O)[O-])cc3)c2n1. The van der Waals surface area contributed by atoms with E-state index in [1.54, 1.807) is 24.3 Å². The number of benzene rings is 2. The first-order valence-electron chi connectivity index (χ1n) is 9.90. The van der Waals surface area contributed by atoms with E-state index in [2.05, 4.69) is 15.2 Å². The summed E-state index contributed by atoms with van der Waals surface area (Å²) < 4.78 is 33.7. The molecule has 11 nitrogen and oxygen atoms in total. The Bertz CT molecular complexity index is 1450. The summed E-state index contributed by atoms with van der Waals surface area (Å²) in [5.41, 5.74) is 5.55. The van der Waals surface area contributed by atoms with Crippen molar-refractivity contribution in [1.82, 2.24) is 14.6 Å². The number of carbonyl (C=O) groups is 1. The van der Waals surface area contributed by atoms with E-state index in [1.165, 1.54) is 31.4 Å². The van der Waals surface area contributed by atoms with Crippen molar-refractivity contribution in [2.75, 3.05) is 7.11 Å². The maximum atomic E-state index is 13.8. The summed E-state index contributed by atoms with van der Waals surface area (Å²) in [6, 6.07) is 12.9. The van der Waals surface area contributed by atoms with Gasteiger partial charge in [0.25, 0.3) is 12.1 Å². The molecule has 0 fully saturated rings. The normalized spacial score (nSPS) is 11.6. The van der Waals surface area contributed by atoms with Gasteiger partial charge in [0.15, 0.2) is 11.5 Å². The number of nitro benzene ring substituents is 1. The third kappa shape index (κ3) is 4.59. The molecule has 2 N–H and O–H groups in total. The van der Waals surface area contributed by atoms with Crippen LogP contribution in [-0.4, -0.2) is 38.4 Å². The largest absolute Gasteiger partial charge is 0.496 e. The van der Waals surface area contributed by atoms with Gasteiger partial charge in [-0.25, -0.2) is 23.1 Å². The van der Waals surface area contributed by atoms with E-state index in [0.29, 0.717) is 11.3 Å². The number of amidine groups is 1. The topological polar surface area (TPSA) is 147 Å². The van der Waals surface area contributed by atoms with Crippen LogP contribution < -0.4 is 10.5 Å². The molecule has 4 rings (SSSR count). The number of carbonyl (C=O) groups excluding carboxylic acids is 1. The van der Waals surface area contributed by atoms with Gasteiger partial charge in [-0.1, -0.05) is 17.3 Å². The minimum absolute atomic E-state index is 0.133. The van der Waals surface area contributed by atoms with Crippen molar-refractivity contribution in [3.05, 3.63) is 87.7 Å². The second-order valence-electron chi connectivity index (χ2n) is 7.02. The molecule has 178 valence electrons. The van der Waals surface area contributed by atoms with Crippen molar-refractivity contribution >= 4 is 23.1 Å². The Hall–Kier alpha value is -4.94. The quantitative estimate of drug-likeness (QED) is 0.138. The Balaban J connectivity index is 1.69. The summed E-state index contributed by atoms with van der Waals surface area (Å²) in [7, 11) is 1.43. The van der Waals surface area contributed by atoms with Crippen LogP contribution in [0.4, 0.5) is 14.5 Å². The van der Waals surface area contributed by atoms with Gasteiger partial charge in [0.1, 0.15) is 17.0 Å². The van der Waals surface area contributed by atoms with Crippen LogP contribution in [0.3, 0.4) is 0 Å². The number of non-ortho nitro benzene ring substituents is 1. The first-order chi connectivity index (χ1) is 16.8. The highest BCUT2D eigenvalue weighted by molar-refractivity contribution is 5.99. The lowest BCUT2D eigenvalue weighted by Crippen LogP contribution is -2.15. The van der Waals surface area contributed by atoms with Crippen molar-refractivity contribution in [2.24, 2.45) is 10.9 Å². The fraction of sp³-hybridized carbons (Fsp3) is 0.0909. The van der Waals surface area contributed by atoms with Crippen LogP contribution in [0.25, 0.3) is 16.9 Å². The fourth-order valence-electron chi connectivity index (χ4n) is 3.23. The molecule has 0 saturated carbocycles. The summed E-state index contributed by atoms with van der Waals surface area (Å²) in [6.45, 7) is 0. The van der Waals surface area contributed by atoms with Crippen LogP contribution in [0.1, 0.15) is 28.0 Å². The average molecular weight is 482 g/mol. The maximum Gasteiger partial charge on any atom is 0.371 e. The molecule has 2 aromatic heterocycles. The van der Waals surface area contributed by atoms with E-state index in [4.69, 9.17) is 15.3 Å². The number of fused-ring (bicyclic) bond motifs is 1. The third-order valence-electron chi connectivity index (χ3n) is 4.93. The molecule has 4 aromatic rings. The molecule has 0 bridgehead atoms. The van der Waals surface area contributed by atoms with Crippen molar-refractivity contribution in [1.29, 1.82) is 0 Å². The number of hydrogen-bond donors (Lipinski definition) is 1. The Morgan fingerprint density at radius 3 is 2.57 bits per heavy atom. The monoisotopic (exact) mass is 482 g/mol. The van der Waals surface area contributed by atoms with E-state index in [1.807, 2.05) is 0 Å². The van der Waals surface area contributed by atoms with Gasteiger partial charge in [-0.3, -0.25) is 10.1 Å². The molecule has 0 saturated heterocycles. The van der Waals surface area contributed by atoms with E-state index >= 15 is 0 Å². The zero-order valence-electron chi connectivity index (χ0n) is 18.0. The van der Waals surface area contributed by atoms with Crippen LogP contribution in [-0.2, 0) is 4.84 Å². The molecule has 0 aliphatic carbocycles. The first kappa shape index (κ1) is 23.2. The Kier molecular flexibility index (Phi) is 6.31. The van der Waals surface area contributed by atoms with E-state index in [0.717, 1.165) is 16.8 Å². The number of nitrogens with two attached hydrogens (primary N) is 1. The molecule has 2 aromatic carbocycles.